The van der Waals surface area contributed by atoms with E-state index < -0.39 is 29.7 Å². The van der Waals surface area contributed by atoms with Gasteiger partial charge in [0.15, 0.2) is 0 Å². The molecule has 0 bridgehead atoms. The quantitative estimate of drug-likeness (QED) is 0.374. The monoisotopic (exact) mass is 660 g/mol. The first-order valence-corrected chi connectivity index (χ1v) is 23.8. The van der Waals surface area contributed by atoms with Crippen LogP contribution < -0.4 is 14.3 Å². The molecule has 1 atom stereocenters. The van der Waals surface area contributed by atoms with E-state index in [0.29, 0.717) is 45.9 Å². The molecule has 4 rings (SSSR count). The molecule has 3 aromatic heterocycles. The number of aromatic nitrogens is 4. The number of fused-ring (bicyclic) bond motifs is 1. The van der Waals surface area contributed by atoms with Gasteiger partial charge < -0.3 is 0 Å². The SMILES string of the molecule is Cc1ccnc(C(C)C)c1-n1c(=O)nc(N2CCN(C(=O)OC(C)(C)C)CC2C)c2cc(F)[c]([Sn]([CH3])([CH3])[CH3])nc21. The Bertz CT molecular complexity index is 1510. The van der Waals surface area contributed by atoms with Crippen molar-refractivity contribution < 1.29 is 13.9 Å². The predicted molar refractivity (Wildman–Crippen MR) is 159 cm³/mol. The summed E-state index contributed by atoms with van der Waals surface area (Å²) >= 11 is -3.03. The fourth-order valence-electron chi connectivity index (χ4n) is 5.10. The van der Waals surface area contributed by atoms with Crippen LogP contribution in [0.15, 0.2) is 23.1 Å². The molecular formula is C29H41FN6O3Sn. The number of carbonyl (C=O) groups is 1. The van der Waals surface area contributed by atoms with E-state index in [4.69, 9.17) is 9.72 Å². The summed E-state index contributed by atoms with van der Waals surface area (Å²) in [6, 6.07) is 3.16. The van der Waals surface area contributed by atoms with Crippen molar-refractivity contribution in [2.75, 3.05) is 24.5 Å². The Labute approximate surface area is 239 Å². The van der Waals surface area contributed by atoms with Crippen molar-refractivity contribution in [1.82, 2.24) is 24.4 Å². The molecule has 3 aromatic rings. The molecule has 1 fully saturated rings. The van der Waals surface area contributed by atoms with Crippen LogP contribution in [0.5, 0.6) is 0 Å². The molecule has 216 valence electrons. The number of pyridine rings is 2. The van der Waals surface area contributed by atoms with Gasteiger partial charge in [0.1, 0.15) is 0 Å². The number of aryl methyl sites for hydroxylation is 1. The van der Waals surface area contributed by atoms with E-state index in [1.165, 1.54) is 10.6 Å². The third kappa shape index (κ3) is 5.96. The van der Waals surface area contributed by atoms with Crippen LogP contribution in [-0.2, 0) is 4.74 Å². The van der Waals surface area contributed by atoms with E-state index in [9.17, 15) is 9.59 Å². The summed E-state index contributed by atoms with van der Waals surface area (Å²) in [7, 11) is 0. The molecule has 0 aliphatic carbocycles. The van der Waals surface area contributed by atoms with Gasteiger partial charge in [-0.15, -0.1) is 0 Å². The summed E-state index contributed by atoms with van der Waals surface area (Å²) in [4.78, 5) is 50.6. The maximum atomic E-state index is 15.7. The molecule has 0 spiro atoms. The van der Waals surface area contributed by atoms with Crippen molar-refractivity contribution in [3.63, 3.8) is 0 Å². The number of halogens is 1. The third-order valence-corrected chi connectivity index (χ3v) is 12.0. The molecule has 9 nitrogen and oxygen atoms in total. The van der Waals surface area contributed by atoms with Crippen molar-refractivity contribution >= 4 is 45.0 Å². The first-order chi connectivity index (χ1) is 18.5. The van der Waals surface area contributed by atoms with Gasteiger partial charge in [-0.2, -0.15) is 0 Å². The topological polar surface area (TPSA) is 93.5 Å². The first kappa shape index (κ1) is 30.2. The van der Waals surface area contributed by atoms with Gasteiger partial charge in [0.05, 0.1) is 0 Å². The Kier molecular flexibility index (Phi) is 8.23. The van der Waals surface area contributed by atoms with E-state index in [-0.39, 0.29) is 23.9 Å². The Morgan fingerprint density at radius 3 is 2.42 bits per heavy atom. The Balaban J connectivity index is 1.92. The van der Waals surface area contributed by atoms with Crippen LogP contribution in [0.25, 0.3) is 16.7 Å². The van der Waals surface area contributed by atoms with Crippen LogP contribution in [0.3, 0.4) is 0 Å². The molecule has 1 amide bonds. The number of ether oxygens (including phenoxy) is 1. The number of carbonyl (C=O) groups excluding carboxylic acids is 1. The van der Waals surface area contributed by atoms with Gasteiger partial charge in [-0.05, 0) is 20.8 Å². The van der Waals surface area contributed by atoms with Crippen LogP contribution in [-0.4, -0.2) is 80.2 Å². The number of amides is 1. The van der Waals surface area contributed by atoms with E-state index in [0.717, 1.165) is 11.3 Å². The van der Waals surface area contributed by atoms with Crippen LogP contribution in [0.1, 0.15) is 58.7 Å². The Morgan fingerprint density at radius 1 is 1.18 bits per heavy atom. The number of anilines is 1. The average molecular weight is 659 g/mol. The number of piperazine rings is 1. The second kappa shape index (κ2) is 10.9. The van der Waals surface area contributed by atoms with E-state index in [1.807, 2.05) is 59.4 Å². The van der Waals surface area contributed by atoms with Gasteiger partial charge in [-0.3, -0.25) is 0 Å². The summed E-state index contributed by atoms with van der Waals surface area (Å²) in [6.07, 6.45) is 1.36. The zero-order valence-corrected chi connectivity index (χ0v) is 28.1. The third-order valence-electron chi connectivity index (χ3n) is 6.99. The zero-order chi connectivity index (χ0) is 29.7. The Morgan fingerprint density at radius 2 is 1.85 bits per heavy atom. The maximum absolute atomic E-state index is 15.7. The van der Waals surface area contributed by atoms with Crippen LogP contribution >= 0.6 is 0 Å². The molecule has 1 unspecified atom stereocenters. The average Bonchev–Trinajstić information content (AvgIpc) is 2.82. The molecule has 0 radical (unpaired) electrons. The van der Waals surface area contributed by atoms with Gasteiger partial charge in [0.25, 0.3) is 0 Å². The molecule has 1 aliphatic rings. The standard InChI is InChI=1S/C26H32FN6O3.3CH3.Sn/c1-15(2)20-21(16(3)8-9-28-20)33-22-19(12-18(27)13-29-22)23(30-24(33)34)32-11-10-31(14-17(32)4)25(35)36-26(5,6)7;;;;/h8-9,12,15,17H,10-11,14H2,1-7H3;3*1H3;. The fraction of sp³-hybridized carbons (Fsp3) is 0.552. The van der Waals surface area contributed by atoms with Gasteiger partial charge in [-0.1, -0.05) is 0 Å². The molecule has 1 saturated heterocycles. The second-order valence-electron chi connectivity index (χ2n) is 13.0. The van der Waals surface area contributed by atoms with E-state index >= 15 is 4.39 Å². The number of rotatable bonds is 4. The number of hydrogen-bond acceptors (Lipinski definition) is 7. The minimum atomic E-state index is -3.03. The number of nitrogens with zero attached hydrogens (tertiary/aromatic N) is 6. The molecule has 0 saturated carbocycles. The molecule has 11 heteroatoms. The first-order valence-electron chi connectivity index (χ1n) is 13.8. The van der Waals surface area contributed by atoms with Gasteiger partial charge >= 0.3 is 220 Å². The van der Waals surface area contributed by atoms with Crippen LogP contribution in [0, 0.1) is 12.7 Å². The summed E-state index contributed by atoms with van der Waals surface area (Å²) in [5.74, 6) is 0.0533. The van der Waals surface area contributed by atoms with Crippen molar-refractivity contribution in [2.45, 2.75) is 80.8 Å². The summed E-state index contributed by atoms with van der Waals surface area (Å²) in [6.45, 7) is 14.6. The van der Waals surface area contributed by atoms with E-state index in [1.54, 1.807) is 11.1 Å². The Hall–Kier alpha value is -2.76. The van der Waals surface area contributed by atoms with Crippen LogP contribution in [0.2, 0.25) is 14.8 Å². The van der Waals surface area contributed by atoms with Gasteiger partial charge in [0.2, 0.25) is 0 Å². The zero-order valence-electron chi connectivity index (χ0n) is 25.3. The summed E-state index contributed by atoms with van der Waals surface area (Å²) in [5.41, 5.74) is 1.56. The second-order valence-corrected chi connectivity index (χ2v) is 27.2. The molecule has 0 N–H and O–H groups in total. The van der Waals surface area contributed by atoms with Crippen molar-refractivity contribution in [3.05, 3.63) is 45.9 Å². The van der Waals surface area contributed by atoms with Crippen LogP contribution in [0.4, 0.5) is 15.0 Å². The van der Waals surface area contributed by atoms with E-state index in [2.05, 4.69) is 24.8 Å². The molecule has 1 aliphatic heterocycles. The van der Waals surface area contributed by atoms with Crippen molar-refractivity contribution in [3.8, 4) is 5.69 Å². The van der Waals surface area contributed by atoms with Crippen molar-refractivity contribution in [1.29, 1.82) is 0 Å². The van der Waals surface area contributed by atoms with Gasteiger partial charge in [0, 0.05) is 0 Å². The normalized spacial score (nSPS) is 16.6. The summed E-state index contributed by atoms with van der Waals surface area (Å²) < 4.78 is 23.2. The molecule has 4 heterocycles. The van der Waals surface area contributed by atoms with Gasteiger partial charge in [-0.25, -0.2) is 0 Å². The molecular weight excluding hydrogens is 618 g/mol. The predicted octanol–water partition coefficient (Wildman–Crippen LogP) is 4.74. The fourth-order valence-corrected chi connectivity index (χ4v) is 8.61. The minimum absolute atomic E-state index is 0.0409. The number of hydrogen-bond donors (Lipinski definition) is 0. The molecule has 0 aromatic carbocycles. The summed E-state index contributed by atoms with van der Waals surface area (Å²) in [5, 5.41) is 0.465. The molecule has 40 heavy (non-hydrogen) atoms. The van der Waals surface area contributed by atoms with Crippen molar-refractivity contribution in [2.24, 2.45) is 0 Å².